The van der Waals surface area contributed by atoms with Crippen LogP contribution in [-0.2, 0) is 19.5 Å². The van der Waals surface area contributed by atoms with E-state index in [1.165, 1.54) is 5.56 Å². The Kier molecular flexibility index (Phi) is 7.02. The highest BCUT2D eigenvalue weighted by Crippen LogP contribution is 2.29. The zero-order valence-electron chi connectivity index (χ0n) is 23.4. The predicted octanol–water partition coefficient (Wildman–Crippen LogP) is 4.77. The van der Waals surface area contributed by atoms with E-state index >= 15 is 0 Å². The van der Waals surface area contributed by atoms with Gasteiger partial charge in [-0.25, -0.2) is 4.98 Å². The molecule has 0 unspecified atom stereocenters. The zero-order valence-corrected chi connectivity index (χ0v) is 23.4. The minimum Gasteiger partial charge on any atom is -0.367 e. The van der Waals surface area contributed by atoms with Gasteiger partial charge in [0.15, 0.2) is 0 Å². The monoisotopic (exact) mass is 536 g/mol. The van der Waals surface area contributed by atoms with Crippen molar-refractivity contribution >= 4 is 27.8 Å². The second-order valence-corrected chi connectivity index (χ2v) is 11.2. The number of nitrogens with zero attached hydrogens (tertiary/aromatic N) is 4. The third-order valence-electron chi connectivity index (χ3n) is 7.83. The van der Waals surface area contributed by atoms with Crippen molar-refractivity contribution in [1.82, 2.24) is 24.4 Å². The topological polar surface area (TPSA) is 90.0 Å². The molecule has 1 aliphatic heterocycles. The Labute approximate surface area is 233 Å². The SMILES string of the molecule is CCc1ccc(-c2nc3c(N4CCN(Cc5ccc6[nH]c(=O)c(=O)n(CC(C)C)c6c5)CC4)cccc3[nH]2)cc1. The standard InChI is InChI=1S/C32H36N6O2/c1-4-22-8-11-24(12-9-22)30-33-26-6-5-7-27(29(26)35-30)37-16-14-36(15-17-37)20-23-10-13-25-28(18-23)38(19-21(2)3)32(40)31(39)34-25/h5-13,18,21H,4,14-17,19-20H2,1-3H3,(H,33,35)(H,34,39). The number of aromatic nitrogens is 4. The van der Waals surface area contributed by atoms with E-state index in [2.05, 4.69) is 89.1 Å². The number of para-hydroxylation sites is 1. The van der Waals surface area contributed by atoms with Crippen molar-refractivity contribution in [2.75, 3.05) is 31.1 Å². The molecule has 0 radical (unpaired) electrons. The Morgan fingerprint density at radius 1 is 0.875 bits per heavy atom. The first kappa shape index (κ1) is 26.1. The number of aromatic amines is 2. The molecule has 1 aliphatic rings. The summed E-state index contributed by atoms with van der Waals surface area (Å²) in [7, 11) is 0. The molecule has 5 aromatic rings. The number of fused-ring (bicyclic) bond motifs is 2. The summed E-state index contributed by atoms with van der Waals surface area (Å²) in [6.45, 7) is 11.3. The van der Waals surface area contributed by atoms with E-state index in [1.807, 2.05) is 12.1 Å². The first-order chi connectivity index (χ1) is 19.4. The molecule has 0 bridgehead atoms. The highest BCUT2D eigenvalue weighted by atomic mass is 16.2. The second kappa shape index (κ2) is 10.8. The van der Waals surface area contributed by atoms with Crippen molar-refractivity contribution in [3.8, 4) is 11.4 Å². The molecule has 40 heavy (non-hydrogen) atoms. The number of benzene rings is 3. The normalized spacial score (nSPS) is 14.6. The molecular formula is C32H36N6O2. The molecule has 2 aromatic heterocycles. The number of hydrogen-bond acceptors (Lipinski definition) is 5. The second-order valence-electron chi connectivity index (χ2n) is 11.2. The van der Waals surface area contributed by atoms with E-state index in [0.29, 0.717) is 12.1 Å². The molecule has 0 spiro atoms. The largest absolute Gasteiger partial charge is 0.367 e. The van der Waals surface area contributed by atoms with Gasteiger partial charge < -0.3 is 19.4 Å². The molecule has 3 heterocycles. The predicted molar refractivity (Wildman–Crippen MR) is 162 cm³/mol. The molecule has 3 aromatic carbocycles. The van der Waals surface area contributed by atoms with Gasteiger partial charge >= 0.3 is 11.1 Å². The maximum absolute atomic E-state index is 12.6. The fraction of sp³-hybridized carbons (Fsp3) is 0.344. The Morgan fingerprint density at radius 3 is 2.35 bits per heavy atom. The Balaban J connectivity index is 1.19. The van der Waals surface area contributed by atoms with E-state index in [9.17, 15) is 9.59 Å². The fourth-order valence-corrected chi connectivity index (χ4v) is 5.67. The number of hydrogen-bond donors (Lipinski definition) is 2. The van der Waals surface area contributed by atoms with E-state index in [1.54, 1.807) is 4.57 Å². The van der Waals surface area contributed by atoms with Crippen LogP contribution in [0.1, 0.15) is 31.9 Å². The maximum Gasteiger partial charge on any atom is 0.316 e. The van der Waals surface area contributed by atoms with Gasteiger partial charge in [-0.1, -0.05) is 57.2 Å². The third-order valence-corrected chi connectivity index (χ3v) is 7.83. The van der Waals surface area contributed by atoms with Crippen LogP contribution in [0.4, 0.5) is 5.69 Å². The molecule has 2 N–H and O–H groups in total. The van der Waals surface area contributed by atoms with E-state index in [0.717, 1.165) is 78.3 Å². The highest BCUT2D eigenvalue weighted by molar-refractivity contribution is 5.91. The molecule has 1 fully saturated rings. The molecule has 0 atom stereocenters. The van der Waals surface area contributed by atoms with Crippen LogP contribution in [0.3, 0.4) is 0 Å². The maximum atomic E-state index is 12.6. The molecule has 8 heteroatoms. The lowest BCUT2D eigenvalue weighted by Gasteiger charge is -2.36. The van der Waals surface area contributed by atoms with Gasteiger partial charge in [0.2, 0.25) is 0 Å². The summed E-state index contributed by atoms with van der Waals surface area (Å²) in [5.41, 5.74) is 7.23. The lowest BCUT2D eigenvalue weighted by Crippen LogP contribution is -2.46. The molecule has 0 amide bonds. The van der Waals surface area contributed by atoms with Gasteiger partial charge in [0, 0.05) is 44.8 Å². The van der Waals surface area contributed by atoms with Crippen LogP contribution in [-0.4, -0.2) is 50.6 Å². The highest BCUT2D eigenvalue weighted by Gasteiger charge is 2.21. The third kappa shape index (κ3) is 5.07. The van der Waals surface area contributed by atoms with Crippen molar-refractivity contribution in [2.24, 2.45) is 5.92 Å². The smallest absolute Gasteiger partial charge is 0.316 e. The minimum atomic E-state index is -0.564. The number of H-pyrrole nitrogens is 2. The molecular weight excluding hydrogens is 500 g/mol. The summed E-state index contributed by atoms with van der Waals surface area (Å²) in [6, 6.07) is 21.0. The lowest BCUT2D eigenvalue weighted by molar-refractivity contribution is 0.250. The summed E-state index contributed by atoms with van der Waals surface area (Å²) in [5, 5.41) is 0. The van der Waals surface area contributed by atoms with Crippen LogP contribution in [0.5, 0.6) is 0 Å². The summed E-state index contributed by atoms with van der Waals surface area (Å²) >= 11 is 0. The number of imidazole rings is 1. The van der Waals surface area contributed by atoms with E-state index in [-0.39, 0.29) is 5.92 Å². The zero-order chi connectivity index (χ0) is 27.8. The van der Waals surface area contributed by atoms with Crippen LogP contribution in [0, 0.1) is 5.92 Å². The molecule has 0 aliphatic carbocycles. The van der Waals surface area contributed by atoms with Gasteiger partial charge in [0.1, 0.15) is 11.3 Å². The Hall–Kier alpha value is -4.17. The van der Waals surface area contributed by atoms with E-state index < -0.39 is 11.1 Å². The van der Waals surface area contributed by atoms with Crippen molar-refractivity contribution in [1.29, 1.82) is 0 Å². The first-order valence-corrected chi connectivity index (χ1v) is 14.2. The van der Waals surface area contributed by atoms with Gasteiger partial charge in [-0.05, 0) is 47.7 Å². The average Bonchev–Trinajstić information content (AvgIpc) is 3.41. The number of anilines is 1. The molecule has 1 saturated heterocycles. The summed E-state index contributed by atoms with van der Waals surface area (Å²) in [4.78, 5) is 40.9. The Bertz CT molecular complexity index is 1770. The van der Waals surface area contributed by atoms with Crippen LogP contribution in [0.2, 0.25) is 0 Å². The molecule has 206 valence electrons. The average molecular weight is 537 g/mol. The molecule has 8 nitrogen and oxygen atoms in total. The van der Waals surface area contributed by atoms with Gasteiger partial charge in [-0.3, -0.25) is 14.5 Å². The summed E-state index contributed by atoms with van der Waals surface area (Å²) in [5.74, 6) is 1.16. The van der Waals surface area contributed by atoms with Crippen LogP contribution in [0.15, 0.2) is 70.3 Å². The first-order valence-electron chi connectivity index (χ1n) is 14.2. The van der Waals surface area contributed by atoms with Gasteiger partial charge in [-0.15, -0.1) is 0 Å². The number of piperazine rings is 1. The van der Waals surface area contributed by atoms with E-state index in [4.69, 9.17) is 4.98 Å². The Morgan fingerprint density at radius 2 is 1.62 bits per heavy atom. The van der Waals surface area contributed by atoms with Gasteiger partial charge in [-0.2, -0.15) is 0 Å². The number of aryl methyl sites for hydroxylation is 1. The summed E-state index contributed by atoms with van der Waals surface area (Å²) in [6.07, 6.45) is 1.03. The van der Waals surface area contributed by atoms with Crippen molar-refractivity contribution in [3.63, 3.8) is 0 Å². The minimum absolute atomic E-state index is 0.260. The lowest BCUT2D eigenvalue weighted by atomic mass is 10.1. The molecule has 6 rings (SSSR count). The molecule has 0 saturated carbocycles. The van der Waals surface area contributed by atoms with Crippen molar-refractivity contribution < 1.29 is 0 Å². The van der Waals surface area contributed by atoms with Crippen LogP contribution >= 0.6 is 0 Å². The van der Waals surface area contributed by atoms with Crippen molar-refractivity contribution in [3.05, 3.63) is 92.5 Å². The van der Waals surface area contributed by atoms with Crippen molar-refractivity contribution in [2.45, 2.75) is 40.3 Å². The number of nitrogens with one attached hydrogen (secondary N) is 2. The fourth-order valence-electron chi connectivity index (χ4n) is 5.67. The quantitative estimate of drug-likeness (QED) is 0.293. The van der Waals surface area contributed by atoms with Gasteiger partial charge in [0.05, 0.1) is 22.2 Å². The summed E-state index contributed by atoms with van der Waals surface area (Å²) < 4.78 is 1.62. The number of rotatable bonds is 7. The van der Waals surface area contributed by atoms with Crippen LogP contribution < -0.4 is 16.0 Å². The van der Waals surface area contributed by atoms with Crippen LogP contribution in [0.25, 0.3) is 33.5 Å². The van der Waals surface area contributed by atoms with Gasteiger partial charge in [0.25, 0.3) is 0 Å².